The quantitative estimate of drug-likeness (QED) is 0.863. The lowest BCUT2D eigenvalue weighted by Crippen LogP contribution is -2.38. The molecule has 1 aliphatic carbocycles. The molecule has 1 fully saturated rings. The van der Waals surface area contributed by atoms with Crippen LogP contribution in [0.2, 0.25) is 0 Å². The molecule has 0 saturated heterocycles. The molecule has 0 spiro atoms. The largest absolute Gasteiger partial charge is 0.393 e. The minimum atomic E-state index is -0.158. The van der Waals surface area contributed by atoms with Gasteiger partial charge in [0.15, 0.2) is 0 Å². The summed E-state index contributed by atoms with van der Waals surface area (Å²) in [5.74, 6) is 0.139. The Hall–Kier alpha value is -0.870. The number of hydrogen-bond acceptors (Lipinski definition) is 3. The van der Waals surface area contributed by atoms with Crippen molar-refractivity contribution in [2.45, 2.75) is 50.7 Å². The van der Waals surface area contributed by atoms with E-state index in [-0.39, 0.29) is 18.1 Å². The number of nitrogens with one attached hydrogen (secondary N) is 1. The number of aryl methyl sites for hydroxylation is 1. The van der Waals surface area contributed by atoms with Crippen molar-refractivity contribution < 1.29 is 9.90 Å². The number of amides is 1. The van der Waals surface area contributed by atoms with E-state index in [9.17, 15) is 9.90 Å². The molecular weight excluding hydrogens is 234 g/mol. The molecule has 0 atom stereocenters. The average molecular weight is 253 g/mol. The fourth-order valence-corrected chi connectivity index (χ4v) is 2.92. The Morgan fingerprint density at radius 3 is 2.82 bits per heavy atom. The third-order valence-corrected chi connectivity index (χ3v) is 4.18. The fourth-order valence-electron chi connectivity index (χ4n) is 2.21. The Labute approximate surface area is 106 Å². The summed E-state index contributed by atoms with van der Waals surface area (Å²) in [7, 11) is 0. The standard InChI is InChI=1S/C13H19NO2S/c15-11-5-3-10(4-6-11)14-13(16)8-7-12-2-1-9-17-12/h1-2,9-11,15H,3-8H2,(H,14,16). The third-order valence-electron chi connectivity index (χ3n) is 3.24. The van der Waals surface area contributed by atoms with Gasteiger partial charge in [-0.3, -0.25) is 4.79 Å². The molecule has 2 N–H and O–H groups in total. The topological polar surface area (TPSA) is 49.3 Å². The average Bonchev–Trinajstić information content (AvgIpc) is 2.83. The number of aliphatic hydroxyl groups is 1. The molecule has 1 heterocycles. The van der Waals surface area contributed by atoms with Gasteiger partial charge in [0, 0.05) is 17.3 Å². The number of aliphatic hydroxyl groups excluding tert-OH is 1. The molecule has 0 aromatic carbocycles. The SMILES string of the molecule is O=C(CCc1cccs1)NC1CCC(O)CC1. The Bertz CT molecular complexity index is 342. The van der Waals surface area contributed by atoms with E-state index in [4.69, 9.17) is 0 Å². The zero-order valence-electron chi connectivity index (χ0n) is 9.89. The lowest BCUT2D eigenvalue weighted by molar-refractivity contribution is -0.122. The number of rotatable bonds is 4. The van der Waals surface area contributed by atoms with Crippen LogP contribution in [0, 0.1) is 0 Å². The van der Waals surface area contributed by atoms with Gasteiger partial charge in [-0.15, -0.1) is 11.3 Å². The summed E-state index contributed by atoms with van der Waals surface area (Å²) in [5, 5.41) is 14.5. The maximum absolute atomic E-state index is 11.7. The van der Waals surface area contributed by atoms with Crippen molar-refractivity contribution in [1.29, 1.82) is 0 Å². The van der Waals surface area contributed by atoms with Crippen molar-refractivity contribution in [3.05, 3.63) is 22.4 Å². The molecule has 1 saturated carbocycles. The van der Waals surface area contributed by atoms with Crippen LogP contribution in [0.25, 0.3) is 0 Å². The van der Waals surface area contributed by atoms with E-state index in [1.165, 1.54) is 4.88 Å². The lowest BCUT2D eigenvalue weighted by Gasteiger charge is -2.26. The van der Waals surface area contributed by atoms with Crippen LogP contribution in [-0.4, -0.2) is 23.2 Å². The van der Waals surface area contributed by atoms with E-state index in [1.807, 2.05) is 11.4 Å². The molecule has 3 nitrogen and oxygen atoms in total. The monoisotopic (exact) mass is 253 g/mol. The van der Waals surface area contributed by atoms with Crippen LogP contribution in [-0.2, 0) is 11.2 Å². The van der Waals surface area contributed by atoms with Gasteiger partial charge in [-0.25, -0.2) is 0 Å². The molecule has 0 bridgehead atoms. The lowest BCUT2D eigenvalue weighted by atomic mass is 9.93. The van der Waals surface area contributed by atoms with Crippen LogP contribution in [0.15, 0.2) is 17.5 Å². The van der Waals surface area contributed by atoms with E-state index in [2.05, 4.69) is 11.4 Å². The van der Waals surface area contributed by atoms with Crippen LogP contribution in [0.1, 0.15) is 37.0 Å². The minimum absolute atomic E-state index is 0.139. The molecule has 4 heteroatoms. The second kappa shape index (κ2) is 6.17. The number of thiophene rings is 1. The summed E-state index contributed by atoms with van der Waals surface area (Å²) < 4.78 is 0. The summed E-state index contributed by atoms with van der Waals surface area (Å²) in [6, 6.07) is 4.35. The van der Waals surface area contributed by atoms with Crippen molar-refractivity contribution in [2.24, 2.45) is 0 Å². The molecule has 17 heavy (non-hydrogen) atoms. The first kappa shape index (κ1) is 12.6. The predicted octanol–water partition coefficient (Wildman–Crippen LogP) is 2.10. The summed E-state index contributed by atoms with van der Waals surface area (Å²) in [6.45, 7) is 0. The van der Waals surface area contributed by atoms with Gasteiger partial charge in [0.25, 0.3) is 0 Å². The van der Waals surface area contributed by atoms with Gasteiger partial charge in [0.2, 0.25) is 5.91 Å². The first-order valence-electron chi connectivity index (χ1n) is 6.24. The number of carbonyl (C=O) groups is 1. The molecule has 1 aliphatic rings. The molecule has 94 valence electrons. The Morgan fingerprint density at radius 2 is 2.18 bits per heavy atom. The number of carbonyl (C=O) groups excluding carboxylic acids is 1. The van der Waals surface area contributed by atoms with Crippen molar-refractivity contribution in [2.75, 3.05) is 0 Å². The summed E-state index contributed by atoms with van der Waals surface area (Å²) in [5.41, 5.74) is 0. The first-order valence-corrected chi connectivity index (χ1v) is 7.12. The van der Waals surface area contributed by atoms with Crippen molar-refractivity contribution in [3.63, 3.8) is 0 Å². The molecule has 1 aromatic rings. The van der Waals surface area contributed by atoms with Crippen LogP contribution < -0.4 is 5.32 Å². The summed E-state index contributed by atoms with van der Waals surface area (Å²) in [6.07, 6.45) is 4.69. The van der Waals surface area contributed by atoms with Crippen molar-refractivity contribution in [1.82, 2.24) is 5.32 Å². The second-order valence-electron chi connectivity index (χ2n) is 4.65. The smallest absolute Gasteiger partial charge is 0.220 e. The number of hydrogen-bond donors (Lipinski definition) is 2. The highest BCUT2D eigenvalue weighted by atomic mass is 32.1. The molecule has 0 aliphatic heterocycles. The summed E-state index contributed by atoms with van der Waals surface area (Å²) in [4.78, 5) is 13.0. The van der Waals surface area contributed by atoms with Crippen molar-refractivity contribution in [3.8, 4) is 0 Å². The third kappa shape index (κ3) is 4.13. The Balaban J connectivity index is 1.67. The van der Waals surface area contributed by atoms with Gasteiger partial charge in [0.1, 0.15) is 0 Å². The van der Waals surface area contributed by atoms with Gasteiger partial charge in [0.05, 0.1) is 6.10 Å². The molecule has 0 radical (unpaired) electrons. The van der Waals surface area contributed by atoms with Crippen LogP contribution in [0.4, 0.5) is 0 Å². The molecule has 2 rings (SSSR count). The van der Waals surface area contributed by atoms with Gasteiger partial charge in [-0.05, 0) is 43.6 Å². The van der Waals surface area contributed by atoms with Crippen LogP contribution >= 0.6 is 11.3 Å². The van der Waals surface area contributed by atoms with E-state index in [0.29, 0.717) is 6.42 Å². The predicted molar refractivity (Wildman–Crippen MR) is 69.0 cm³/mol. The van der Waals surface area contributed by atoms with Gasteiger partial charge in [-0.2, -0.15) is 0 Å². The highest BCUT2D eigenvalue weighted by Crippen LogP contribution is 2.18. The Morgan fingerprint density at radius 1 is 1.41 bits per heavy atom. The molecule has 1 amide bonds. The maximum atomic E-state index is 11.7. The van der Waals surface area contributed by atoms with Crippen molar-refractivity contribution >= 4 is 17.2 Å². The normalized spacial score (nSPS) is 24.5. The second-order valence-corrected chi connectivity index (χ2v) is 5.68. The van der Waals surface area contributed by atoms with Gasteiger partial charge < -0.3 is 10.4 Å². The first-order chi connectivity index (χ1) is 8.24. The zero-order valence-corrected chi connectivity index (χ0v) is 10.7. The maximum Gasteiger partial charge on any atom is 0.220 e. The van der Waals surface area contributed by atoms with E-state index in [0.717, 1.165) is 32.1 Å². The van der Waals surface area contributed by atoms with Crippen LogP contribution in [0.3, 0.4) is 0 Å². The Kier molecular flexibility index (Phi) is 4.57. The van der Waals surface area contributed by atoms with E-state index < -0.39 is 0 Å². The summed E-state index contributed by atoms with van der Waals surface area (Å²) >= 11 is 1.70. The van der Waals surface area contributed by atoms with Crippen LogP contribution in [0.5, 0.6) is 0 Å². The van der Waals surface area contributed by atoms with Gasteiger partial charge in [-0.1, -0.05) is 6.07 Å². The van der Waals surface area contributed by atoms with Gasteiger partial charge >= 0.3 is 0 Å². The molecule has 0 unspecified atom stereocenters. The highest BCUT2D eigenvalue weighted by molar-refractivity contribution is 7.09. The fraction of sp³-hybridized carbons (Fsp3) is 0.615. The van der Waals surface area contributed by atoms with E-state index in [1.54, 1.807) is 11.3 Å². The zero-order chi connectivity index (χ0) is 12.1. The molecule has 1 aromatic heterocycles. The minimum Gasteiger partial charge on any atom is -0.393 e. The van der Waals surface area contributed by atoms with E-state index >= 15 is 0 Å². The molecular formula is C13H19NO2S. The highest BCUT2D eigenvalue weighted by Gasteiger charge is 2.20.